The first-order chi connectivity index (χ1) is 9.77. The van der Waals surface area contributed by atoms with Gasteiger partial charge in [-0.1, -0.05) is 19.1 Å². The van der Waals surface area contributed by atoms with Gasteiger partial charge in [0.05, 0.1) is 0 Å². The molecule has 0 aliphatic rings. The molecule has 1 heterocycles. The fourth-order valence-electron chi connectivity index (χ4n) is 1.58. The number of hydrogen-bond donors (Lipinski definition) is 1. The van der Waals surface area contributed by atoms with Crippen molar-refractivity contribution in [1.29, 1.82) is 0 Å². The van der Waals surface area contributed by atoms with E-state index in [0.717, 1.165) is 16.7 Å². The molecule has 0 aliphatic carbocycles. The molecule has 0 unspecified atom stereocenters. The molecule has 22 heavy (non-hydrogen) atoms. The largest absolute Gasteiger partial charge is 1.00 e. The van der Waals surface area contributed by atoms with Crippen LogP contribution in [0.1, 0.15) is 24.1 Å². The number of alkyl halides is 3. The van der Waals surface area contributed by atoms with Crippen LogP contribution in [0.15, 0.2) is 29.6 Å². The van der Waals surface area contributed by atoms with Crippen LogP contribution in [-0.2, 0) is 11.0 Å². The van der Waals surface area contributed by atoms with E-state index in [1.807, 2.05) is 0 Å². The minimum Gasteiger partial charge on any atom is -0.550 e. The predicted octanol–water partition coefficient (Wildman–Crippen LogP) is -0.237. The smallest absolute Gasteiger partial charge is 0.550 e. The zero-order chi connectivity index (χ0) is 15.6. The Morgan fingerprint density at radius 2 is 1.91 bits per heavy atom. The molecule has 0 bridgehead atoms. The molecule has 0 saturated heterocycles. The van der Waals surface area contributed by atoms with Crippen LogP contribution in [0, 0.1) is 0 Å². The quantitative estimate of drug-likeness (QED) is 0.782. The van der Waals surface area contributed by atoms with Crippen molar-refractivity contribution in [1.82, 2.24) is 4.98 Å². The Labute approximate surface area is 150 Å². The second-order valence-corrected chi connectivity index (χ2v) is 5.18. The number of halogens is 3. The van der Waals surface area contributed by atoms with Crippen molar-refractivity contribution in [2.24, 2.45) is 0 Å². The SMILES string of the molecule is C[C@@H](C(=O)[O-])c1ccc(Nc2nc(C(F)(F)F)cs2)cc1.[Na+]. The molecule has 4 nitrogen and oxygen atoms in total. The number of carboxylic acids is 1. The summed E-state index contributed by atoms with van der Waals surface area (Å²) in [6, 6.07) is 6.29. The van der Waals surface area contributed by atoms with Gasteiger partial charge in [0.2, 0.25) is 0 Å². The zero-order valence-corrected chi connectivity index (χ0v) is 14.6. The molecule has 2 aromatic rings. The number of aliphatic carboxylic acids is 1. The Morgan fingerprint density at radius 3 is 2.36 bits per heavy atom. The van der Waals surface area contributed by atoms with E-state index < -0.39 is 23.8 Å². The molecular formula is C13H10F3N2NaO2S. The van der Waals surface area contributed by atoms with E-state index >= 15 is 0 Å². The van der Waals surface area contributed by atoms with Gasteiger partial charge in [0.15, 0.2) is 10.8 Å². The molecule has 0 fully saturated rings. The first-order valence-electron chi connectivity index (χ1n) is 5.88. The minimum absolute atomic E-state index is 0. The van der Waals surface area contributed by atoms with Crippen LogP contribution in [0.2, 0.25) is 0 Å². The Kier molecular flexibility index (Phi) is 6.42. The third-order valence-electron chi connectivity index (χ3n) is 2.81. The topological polar surface area (TPSA) is 65.0 Å². The van der Waals surface area contributed by atoms with Gasteiger partial charge in [-0.2, -0.15) is 13.2 Å². The van der Waals surface area contributed by atoms with Crippen molar-refractivity contribution < 1.29 is 52.6 Å². The Morgan fingerprint density at radius 1 is 1.32 bits per heavy atom. The van der Waals surface area contributed by atoms with E-state index in [0.29, 0.717) is 11.3 Å². The van der Waals surface area contributed by atoms with E-state index in [-0.39, 0.29) is 34.7 Å². The van der Waals surface area contributed by atoms with Gasteiger partial charge < -0.3 is 15.2 Å². The Bertz CT molecular complexity index is 643. The van der Waals surface area contributed by atoms with Crippen LogP contribution in [-0.4, -0.2) is 11.0 Å². The van der Waals surface area contributed by atoms with Crippen LogP contribution in [0.25, 0.3) is 0 Å². The number of thiazole rings is 1. The molecule has 1 aromatic carbocycles. The third-order valence-corrected chi connectivity index (χ3v) is 3.57. The van der Waals surface area contributed by atoms with Crippen molar-refractivity contribution in [3.63, 3.8) is 0 Å². The molecule has 0 radical (unpaired) electrons. The molecule has 0 saturated carbocycles. The Balaban J connectivity index is 0.00000242. The van der Waals surface area contributed by atoms with E-state index in [1.54, 1.807) is 24.3 Å². The molecule has 1 aromatic heterocycles. The van der Waals surface area contributed by atoms with E-state index in [4.69, 9.17) is 0 Å². The van der Waals surface area contributed by atoms with Crippen molar-refractivity contribution in [2.75, 3.05) is 5.32 Å². The monoisotopic (exact) mass is 338 g/mol. The summed E-state index contributed by atoms with van der Waals surface area (Å²) in [6.07, 6.45) is -4.47. The summed E-state index contributed by atoms with van der Waals surface area (Å²) in [5, 5.41) is 14.5. The van der Waals surface area contributed by atoms with Crippen LogP contribution in [0.5, 0.6) is 0 Å². The van der Waals surface area contributed by atoms with Gasteiger partial charge in [0, 0.05) is 23.0 Å². The van der Waals surface area contributed by atoms with Crippen molar-refractivity contribution in [2.45, 2.75) is 19.0 Å². The van der Waals surface area contributed by atoms with Gasteiger partial charge in [0.25, 0.3) is 0 Å². The summed E-state index contributed by atoms with van der Waals surface area (Å²) in [5.41, 5.74) is 0.125. The standard InChI is InChI=1S/C13H11F3N2O2S.Na/c1-7(11(19)20)8-2-4-9(5-3-8)17-12-18-10(6-21-12)13(14,15)16;/h2-7H,1H3,(H,17,18)(H,19,20);/q;+1/p-1/t7-;/m1./s1. The number of anilines is 2. The first-order valence-corrected chi connectivity index (χ1v) is 6.76. The number of nitrogens with zero attached hydrogens (tertiary/aromatic N) is 1. The number of rotatable bonds is 4. The third kappa shape index (κ3) is 4.70. The minimum atomic E-state index is -4.47. The maximum Gasteiger partial charge on any atom is 1.00 e. The average molecular weight is 338 g/mol. The number of hydrogen-bond acceptors (Lipinski definition) is 5. The molecule has 9 heteroatoms. The fourth-order valence-corrected chi connectivity index (χ4v) is 2.31. The summed E-state index contributed by atoms with van der Waals surface area (Å²) >= 11 is 0.840. The van der Waals surface area contributed by atoms with Gasteiger partial charge in [-0.3, -0.25) is 0 Å². The van der Waals surface area contributed by atoms with Gasteiger partial charge in [-0.05, 0) is 17.7 Å². The number of nitrogens with one attached hydrogen (secondary N) is 1. The summed E-state index contributed by atoms with van der Waals surface area (Å²) < 4.78 is 37.2. The molecular weight excluding hydrogens is 328 g/mol. The number of carbonyl (C=O) groups is 1. The molecule has 112 valence electrons. The van der Waals surface area contributed by atoms with E-state index in [9.17, 15) is 23.1 Å². The van der Waals surface area contributed by atoms with Gasteiger partial charge in [-0.25, -0.2) is 4.98 Å². The average Bonchev–Trinajstić information content (AvgIpc) is 2.87. The van der Waals surface area contributed by atoms with Crippen LogP contribution in [0.4, 0.5) is 24.0 Å². The number of carboxylic acid groups (broad SMARTS) is 1. The van der Waals surface area contributed by atoms with Crippen molar-refractivity contribution >= 4 is 28.1 Å². The summed E-state index contributed by atoms with van der Waals surface area (Å²) in [5.74, 6) is -1.94. The molecule has 0 amide bonds. The molecule has 1 atom stereocenters. The zero-order valence-electron chi connectivity index (χ0n) is 11.8. The maximum absolute atomic E-state index is 12.4. The summed E-state index contributed by atoms with van der Waals surface area (Å²) in [4.78, 5) is 14.2. The molecule has 2 rings (SSSR count). The second-order valence-electron chi connectivity index (χ2n) is 4.32. The molecule has 1 N–H and O–H groups in total. The second kappa shape index (κ2) is 7.45. The predicted molar refractivity (Wildman–Crippen MR) is 70.3 cm³/mol. The summed E-state index contributed by atoms with van der Waals surface area (Å²) in [6.45, 7) is 1.49. The number of benzene rings is 1. The van der Waals surface area contributed by atoms with Gasteiger partial charge in [0.1, 0.15) is 0 Å². The molecule has 0 spiro atoms. The molecule has 0 aliphatic heterocycles. The maximum atomic E-state index is 12.4. The normalized spacial score (nSPS) is 12.4. The van der Waals surface area contributed by atoms with Gasteiger partial charge in [-0.15, -0.1) is 11.3 Å². The Hall–Kier alpha value is -1.09. The number of carbonyl (C=O) groups excluding carboxylic acids is 1. The first kappa shape index (κ1) is 19.0. The van der Waals surface area contributed by atoms with Crippen LogP contribution >= 0.6 is 11.3 Å². The fraction of sp³-hybridized carbons (Fsp3) is 0.231. The number of aromatic nitrogens is 1. The van der Waals surface area contributed by atoms with E-state index in [2.05, 4.69) is 10.3 Å². The van der Waals surface area contributed by atoms with Crippen LogP contribution in [0.3, 0.4) is 0 Å². The van der Waals surface area contributed by atoms with Crippen molar-refractivity contribution in [3.05, 3.63) is 40.9 Å². The van der Waals surface area contributed by atoms with E-state index in [1.165, 1.54) is 6.92 Å². The van der Waals surface area contributed by atoms with Crippen molar-refractivity contribution in [3.8, 4) is 0 Å². The van der Waals surface area contributed by atoms with Gasteiger partial charge >= 0.3 is 35.7 Å². The summed E-state index contributed by atoms with van der Waals surface area (Å²) in [7, 11) is 0. The van der Waals surface area contributed by atoms with Crippen LogP contribution < -0.4 is 40.0 Å².